The minimum absolute atomic E-state index is 0. The van der Waals surface area contributed by atoms with Crippen molar-refractivity contribution in [3.63, 3.8) is 0 Å². The highest BCUT2D eigenvalue weighted by Gasteiger charge is 2.50. The molecule has 0 saturated heterocycles. The van der Waals surface area contributed by atoms with Crippen LogP contribution < -0.4 is 18.3 Å². The van der Waals surface area contributed by atoms with E-state index in [0.29, 0.717) is 0 Å². The Morgan fingerprint density at radius 1 is 0.409 bits per heavy atom. The van der Waals surface area contributed by atoms with E-state index in [1.165, 1.54) is 119 Å². The number of rotatable bonds is 2. The van der Waals surface area contributed by atoms with Crippen molar-refractivity contribution in [2.45, 2.75) is 145 Å². The van der Waals surface area contributed by atoms with E-state index in [4.69, 9.17) is 0 Å². The highest BCUT2D eigenvalue weighted by molar-refractivity contribution is 5.51. The van der Waals surface area contributed by atoms with E-state index in [1.54, 1.807) is 0 Å². The van der Waals surface area contributed by atoms with Gasteiger partial charge in [-0.1, -0.05) is 84.0 Å². The summed E-state index contributed by atoms with van der Waals surface area (Å²) in [6.07, 6.45) is 41.3. The normalized spacial score (nSPS) is 16.8. The van der Waals surface area contributed by atoms with Crippen molar-refractivity contribution in [3.05, 3.63) is 218 Å². The van der Waals surface area contributed by atoms with Crippen LogP contribution in [0.15, 0.2) is 146 Å². The summed E-state index contributed by atoms with van der Waals surface area (Å²) < 4.78 is 14.3. The van der Waals surface area contributed by atoms with Crippen molar-refractivity contribution in [3.8, 4) is 11.4 Å². The highest BCUT2D eigenvalue weighted by atomic mass is 15.3. The molecule has 4 aromatic heterocycles. The Kier molecular flexibility index (Phi) is 17.5. The van der Waals surface area contributed by atoms with Gasteiger partial charge in [-0.05, 0) is 127 Å². The fraction of sp³-hybridized carbons (Fsp3) is 0.367. The molecule has 6 heterocycles. The third-order valence-corrected chi connectivity index (χ3v) is 13.1. The molecule has 2 aliphatic heterocycles. The van der Waals surface area contributed by atoms with Crippen LogP contribution in [-0.4, -0.2) is 9.13 Å². The summed E-state index contributed by atoms with van der Waals surface area (Å²) >= 11 is 0. The molecule has 0 spiro atoms. The average molecular weight is 885 g/mol. The zero-order valence-electron chi connectivity index (χ0n) is 42.6. The van der Waals surface area contributed by atoms with Crippen LogP contribution in [0.25, 0.3) is 11.4 Å². The number of pyridine rings is 2. The number of hydrogen-bond acceptors (Lipinski definition) is 0. The van der Waals surface area contributed by atoms with Gasteiger partial charge in [0.25, 0.3) is 11.1 Å². The molecule has 66 heavy (non-hydrogen) atoms. The summed E-state index contributed by atoms with van der Waals surface area (Å²) in [5.74, 6) is 2.64. The summed E-state index contributed by atoms with van der Waals surface area (Å²) in [5, 5.41) is 0. The first-order chi connectivity index (χ1) is 30.8. The highest BCUT2D eigenvalue weighted by Crippen LogP contribution is 2.30. The Morgan fingerprint density at radius 2 is 0.697 bits per heavy atom. The van der Waals surface area contributed by atoms with E-state index < -0.39 is 0 Å². The molecule has 348 valence electrons. The lowest BCUT2D eigenvalue weighted by atomic mass is 9.98. The van der Waals surface area contributed by atoms with E-state index in [2.05, 4.69) is 243 Å². The van der Waals surface area contributed by atoms with Crippen LogP contribution in [-0.2, 0) is 24.2 Å². The predicted octanol–water partition coefficient (Wildman–Crippen LogP) is 12.5. The molecule has 6 aromatic rings. The maximum atomic E-state index is 2.40. The Labute approximate surface area is 399 Å². The number of allylic oxidation sites excluding steroid dienone is 8. The van der Waals surface area contributed by atoms with Gasteiger partial charge in [-0.25, -0.2) is 9.13 Å². The minimum atomic E-state index is -0.109. The first-order valence-electron chi connectivity index (χ1n) is 23.8. The van der Waals surface area contributed by atoms with Gasteiger partial charge in [-0.15, -0.1) is 0 Å². The molecule has 0 saturated carbocycles. The number of benzene rings is 2. The molecular formula is C60H80N6+2. The molecule has 0 fully saturated rings. The summed E-state index contributed by atoms with van der Waals surface area (Å²) in [7, 11) is 0. The maximum Gasteiger partial charge on any atom is 0.335 e. The van der Waals surface area contributed by atoms with Crippen molar-refractivity contribution in [1.29, 1.82) is 0 Å². The molecule has 0 amide bonds. The van der Waals surface area contributed by atoms with Gasteiger partial charge in [0.2, 0.25) is 11.4 Å². The minimum Gasteiger partial charge on any atom is -0.358 e. The van der Waals surface area contributed by atoms with E-state index in [-0.39, 0.29) is 25.9 Å². The van der Waals surface area contributed by atoms with E-state index in [9.17, 15) is 0 Å². The first-order valence-corrected chi connectivity index (χ1v) is 23.8. The molecule has 0 radical (unpaired) electrons. The van der Waals surface area contributed by atoms with Crippen LogP contribution in [0.1, 0.15) is 135 Å². The molecule has 6 nitrogen and oxygen atoms in total. The molecule has 0 unspecified atom stereocenters. The molecule has 0 bridgehead atoms. The van der Waals surface area contributed by atoms with Gasteiger partial charge < -0.3 is 14.9 Å². The van der Waals surface area contributed by atoms with Crippen LogP contribution >= 0.6 is 0 Å². The van der Waals surface area contributed by atoms with Gasteiger partial charge in [-0.3, -0.25) is 0 Å². The molecule has 6 heteroatoms. The lowest BCUT2D eigenvalue weighted by Gasteiger charge is -2.24. The lowest BCUT2D eigenvalue weighted by Crippen LogP contribution is -2.66. The van der Waals surface area contributed by atoms with Crippen molar-refractivity contribution < 1.29 is 18.3 Å². The molecule has 10 rings (SSSR count). The second-order valence-corrected chi connectivity index (χ2v) is 19.2. The smallest absolute Gasteiger partial charge is 0.335 e. The number of nitrogens with zero attached hydrogens (tertiary/aromatic N) is 6. The molecule has 0 atom stereocenters. The van der Waals surface area contributed by atoms with Crippen LogP contribution in [0.3, 0.4) is 0 Å². The Morgan fingerprint density at radius 3 is 0.985 bits per heavy atom. The predicted molar refractivity (Wildman–Crippen MR) is 275 cm³/mol. The SMILES string of the molecule is C1=CCC/C=C\CC1.C1=CCC/C=C\CC1.Cc1cc(C)c(-n2cc[n+]3c2C(C)(C)[n+]2ccccc2C3)c(C)c1.Cc1cc(C)c(-n2cc[n+]3c2C(C)(C)[n+]2ccccc2C3)c(C)c1.[CH3-].[CH3-]. The first kappa shape index (κ1) is 51.1. The van der Waals surface area contributed by atoms with Crippen LogP contribution in [0.5, 0.6) is 0 Å². The zero-order valence-corrected chi connectivity index (χ0v) is 42.6. The summed E-state index contributed by atoms with van der Waals surface area (Å²) in [6, 6.07) is 22.0. The van der Waals surface area contributed by atoms with E-state index in [1.807, 2.05) is 0 Å². The Hall–Kier alpha value is -5.88. The average Bonchev–Trinajstić information content (AvgIpc) is 3.83. The van der Waals surface area contributed by atoms with Gasteiger partial charge in [0.15, 0.2) is 25.5 Å². The van der Waals surface area contributed by atoms with Gasteiger partial charge in [-0.2, -0.15) is 18.3 Å². The fourth-order valence-corrected chi connectivity index (χ4v) is 10.4. The molecule has 2 aliphatic carbocycles. The second-order valence-electron chi connectivity index (χ2n) is 19.2. The fourth-order valence-electron chi connectivity index (χ4n) is 10.4. The van der Waals surface area contributed by atoms with Crippen LogP contribution in [0.2, 0.25) is 0 Å². The molecule has 4 aliphatic rings. The van der Waals surface area contributed by atoms with Crippen molar-refractivity contribution >= 4 is 0 Å². The number of fused-ring (bicyclic) bond motifs is 4. The topological polar surface area (TPSA) is 25.4 Å². The maximum absolute atomic E-state index is 2.40. The standard InChI is InChI=1S/2C21H25N3.2C8H12.2CH3/c2*1-15-12-16(2)19(17(3)13-15)23-11-10-22-14-18-8-6-7-9-24(18)21(4,5)20(22)23;2*1-2-4-6-8-7-5-3-1;;/h2*6-13H,14H2,1-5H3;2*1-2,7-8H,3-6H2;2*1H3/q2*+2;;;2*-1/b;;2*2-1-,8-7?;;. The van der Waals surface area contributed by atoms with Crippen LogP contribution in [0, 0.1) is 56.4 Å². The third-order valence-electron chi connectivity index (χ3n) is 13.1. The summed E-state index contributed by atoms with van der Waals surface area (Å²) in [6.45, 7) is 24.2. The second kappa shape index (κ2) is 22.5. The van der Waals surface area contributed by atoms with Gasteiger partial charge in [0.1, 0.15) is 36.2 Å². The zero-order chi connectivity index (χ0) is 45.4. The summed E-state index contributed by atoms with van der Waals surface area (Å²) in [4.78, 5) is 0. The lowest BCUT2D eigenvalue weighted by molar-refractivity contribution is -0.838. The quantitative estimate of drug-likeness (QED) is 0.0941. The number of hydrogen-bond donors (Lipinski definition) is 0. The largest absolute Gasteiger partial charge is 0.358 e. The van der Waals surface area contributed by atoms with Crippen LogP contribution in [0.4, 0.5) is 0 Å². The number of aryl methyl sites for hydroxylation is 6. The summed E-state index contributed by atoms with van der Waals surface area (Å²) in [5.41, 5.74) is 13.0. The van der Waals surface area contributed by atoms with E-state index >= 15 is 0 Å². The van der Waals surface area contributed by atoms with Crippen molar-refractivity contribution in [2.75, 3.05) is 0 Å². The van der Waals surface area contributed by atoms with Crippen molar-refractivity contribution in [1.82, 2.24) is 9.13 Å². The van der Waals surface area contributed by atoms with E-state index in [0.717, 1.165) is 13.1 Å². The third kappa shape index (κ3) is 11.2. The molecule has 2 aromatic carbocycles. The van der Waals surface area contributed by atoms with Gasteiger partial charge in [0.05, 0.1) is 0 Å². The number of aromatic nitrogens is 6. The molecular weight excluding hydrogens is 805 g/mol. The van der Waals surface area contributed by atoms with Crippen molar-refractivity contribution in [2.24, 2.45) is 0 Å². The molecule has 0 N–H and O–H groups in total. The van der Waals surface area contributed by atoms with Gasteiger partial charge in [0, 0.05) is 52.0 Å². The Balaban J connectivity index is 0.000000182. The monoisotopic (exact) mass is 885 g/mol. The number of imidazole rings is 2. The Bertz CT molecular complexity index is 2410. The van der Waals surface area contributed by atoms with Gasteiger partial charge >= 0.3 is 11.6 Å².